The number of phenolic OH excluding ortho intramolecular Hbond substituents is 1. The SMILES string of the molecule is COc1cc(OC)c(C=CC(=O)c2c(O)c(OC)c(OC)c(OC)c2OC)c(OC)c1. The minimum Gasteiger partial charge on any atom is -0.504 e. The fourth-order valence-electron chi connectivity index (χ4n) is 3.07. The van der Waals surface area contributed by atoms with Gasteiger partial charge in [-0.15, -0.1) is 0 Å². The van der Waals surface area contributed by atoms with Crippen LogP contribution in [0.3, 0.4) is 0 Å². The van der Waals surface area contributed by atoms with Crippen LogP contribution in [0.2, 0.25) is 0 Å². The molecule has 2 rings (SSSR count). The molecular formula is C22H26O9. The Labute approximate surface area is 180 Å². The lowest BCUT2D eigenvalue weighted by Crippen LogP contribution is -2.06. The number of methoxy groups -OCH3 is 7. The number of hydrogen-bond donors (Lipinski definition) is 1. The predicted molar refractivity (Wildman–Crippen MR) is 114 cm³/mol. The van der Waals surface area contributed by atoms with Gasteiger partial charge in [-0.2, -0.15) is 0 Å². The van der Waals surface area contributed by atoms with Gasteiger partial charge in [-0.25, -0.2) is 0 Å². The summed E-state index contributed by atoms with van der Waals surface area (Å²) in [6.07, 6.45) is 2.75. The summed E-state index contributed by atoms with van der Waals surface area (Å²) in [4.78, 5) is 13.1. The van der Waals surface area contributed by atoms with E-state index in [2.05, 4.69) is 0 Å². The highest BCUT2D eigenvalue weighted by molar-refractivity contribution is 6.12. The molecule has 0 aliphatic rings. The second-order valence-corrected chi connectivity index (χ2v) is 6.00. The average Bonchev–Trinajstić information content (AvgIpc) is 2.80. The third-order valence-electron chi connectivity index (χ3n) is 4.52. The fraction of sp³-hybridized carbons (Fsp3) is 0.318. The van der Waals surface area contributed by atoms with Crippen molar-refractivity contribution in [3.8, 4) is 46.0 Å². The quantitative estimate of drug-likeness (QED) is 0.445. The number of benzene rings is 2. The number of carbonyl (C=O) groups is 1. The largest absolute Gasteiger partial charge is 0.504 e. The van der Waals surface area contributed by atoms with Crippen LogP contribution in [0.15, 0.2) is 18.2 Å². The van der Waals surface area contributed by atoms with Crippen LogP contribution in [0.5, 0.6) is 46.0 Å². The molecule has 2 aromatic rings. The summed E-state index contributed by atoms with van der Waals surface area (Å²) in [6.45, 7) is 0. The van der Waals surface area contributed by atoms with Gasteiger partial charge in [0, 0.05) is 12.1 Å². The van der Waals surface area contributed by atoms with E-state index in [1.165, 1.54) is 61.9 Å². The second kappa shape index (κ2) is 10.3. The van der Waals surface area contributed by atoms with Gasteiger partial charge in [0.25, 0.3) is 0 Å². The monoisotopic (exact) mass is 434 g/mol. The summed E-state index contributed by atoms with van der Waals surface area (Å²) >= 11 is 0. The van der Waals surface area contributed by atoms with Gasteiger partial charge < -0.3 is 38.3 Å². The molecule has 0 radical (unpaired) electrons. The average molecular weight is 434 g/mol. The summed E-state index contributed by atoms with van der Waals surface area (Å²) < 4.78 is 37.2. The van der Waals surface area contributed by atoms with Crippen LogP contribution in [-0.2, 0) is 0 Å². The molecule has 0 fully saturated rings. The second-order valence-electron chi connectivity index (χ2n) is 6.00. The predicted octanol–water partition coefficient (Wildman–Crippen LogP) is 3.35. The maximum Gasteiger partial charge on any atom is 0.211 e. The lowest BCUT2D eigenvalue weighted by Gasteiger charge is -2.19. The molecule has 0 aromatic heterocycles. The Morgan fingerprint density at radius 3 is 1.61 bits per heavy atom. The van der Waals surface area contributed by atoms with Gasteiger partial charge >= 0.3 is 0 Å². The highest BCUT2D eigenvalue weighted by Crippen LogP contribution is 2.53. The molecule has 0 saturated carbocycles. The van der Waals surface area contributed by atoms with Crippen LogP contribution in [0.25, 0.3) is 6.08 Å². The van der Waals surface area contributed by atoms with E-state index in [4.69, 9.17) is 33.2 Å². The summed E-state index contributed by atoms with van der Waals surface area (Å²) in [5.41, 5.74) is 0.352. The lowest BCUT2D eigenvalue weighted by molar-refractivity contribution is 0.104. The molecule has 0 saturated heterocycles. The summed E-state index contributed by atoms with van der Waals surface area (Å²) in [5, 5.41) is 10.7. The zero-order chi connectivity index (χ0) is 23.1. The standard InChI is InChI=1S/C22H26O9/c1-25-12-10-15(26-2)13(16(11-12)27-3)8-9-14(23)17-18(24)20(29-5)22(31-7)21(30-6)19(17)28-4/h8-11,24H,1-7H3. The van der Waals surface area contributed by atoms with Gasteiger partial charge in [0.05, 0.1) is 55.3 Å². The van der Waals surface area contributed by atoms with Crippen molar-refractivity contribution in [2.45, 2.75) is 0 Å². The van der Waals surface area contributed by atoms with Crippen molar-refractivity contribution in [2.75, 3.05) is 49.8 Å². The van der Waals surface area contributed by atoms with Crippen molar-refractivity contribution in [2.24, 2.45) is 0 Å². The third kappa shape index (κ3) is 4.40. The number of ketones is 1. The molecule has 0 amide bonds. The lowest BCUT2D eigenvalue weighted by atomic mass is 10.0. The van der Waals surface area contributed by atoms with Crippen molar-refractivity contribution >= 4 is 11.9 Å². The van der Waals surface area contributed by atoms with Crippen molar-refractivity contribution in [3.63, 3.8) is 0 Å². The van der Waals surface area contributed by atoms with E-state index in [9.17, 15) is 9.90 Å². The summed E-state index contributed by atoms with van der Waals surface area (Å²) in [5.74, 6) is 0.518. The van der Waals surface area contributed by atoms with Crippen LogP contribution in [-0.4, -0.2) is 60.7 Å². The summed E-state index contributed by atoms with van der Waals surface area (Å²) in [6, 6.07) is 3.31. The molecule has 1 N–H and O–H groups in total. The molecular weight excluding hydrogens is 408 g/mol. The van der Waals surface area contributed by atoms with Crippen LogP contribution >= 0.6 is 0 Å². The van der Waals surface area contributed by atoms with E-state index in [0.717, 1.165) is 0 Å². The van der Waals surface area contributed by atoms with Crippen LogP contribution in [0.1, 0.15) is 15.9 Å². The Hall–Kier alpha value is -3.75. The van der Waals surface area contributed by atoms with Crippen LogP contribution in [0, 0.1) is 0 Å². The first-order valence-electron chi connectivity index (χ1n) is 9.03. The first-order chi connectivity index (χ1) is 14.9. The molecule has 2 aromatic carbocycles. The van der Waals surface area contributed by atoms with Crippen molar-refractivity contribution in [1.29, 1.82) is 0 Å². The van der Waals surface area contributed by atoms with Gasteiger partial charge in [0.1, 0.15) is 22.8 Å². The van der Waals surface area contributed by atoms with E-state index in [1.54, 1.807) is 12.1 Å². The Balaban J connectivity index is 2.65. The van der Waals surface area contributed by atoms with Crippen molar-refractivity contribution < 1.29 is 43.1 Å². The first-order valence-corrected chi connectivity index (χ1v) is 9.03. The fourth-order valence-corrected chi connectivity index (χ4v) is 3.07. The Morgan fingerprint density at radius 1 is 0.710 bits per heavy atom. The summed E-state index contributed by atoms with van der Waals surface area (Å²) in [7, 11) is 9.94. The number of rotatable bonds is 10. The maximum atomic E-state index is 13.1. The Morgan fingerprint density at radius 2 is 1.19 bits per heavy atom. The minimum absolute atomic E-state index is 0.000890. The van der Waals surface area contributed by atoms with Crippen molar-refractivity contribution in [1.82, 2.24) is 0 Å². The number of carbonyl (C=O) groups excluding carboxylic acids is 1. The first kappa shape index (κ1) is 23.5. The smallest absolute Gasteiger partial charge is 0.211 e. The molecule has 9 heteroatoms. The van der Waals surface area contributed by atoms with E-state index in [-0.39, 0.29) is 28.6 Å². The van der Waals surface area contributed by atoms with Gasteiger partial charge in [-0.1, -0.05) is 0 Å². The van der Waals surface area contributed by atoms with E-state index < -0.39 is 11.5 Å². The maximum absolute atomic E-state index is 13.1. The van der Waals surface area contributed by atoms with Crippen LogP contribution < -0.4 is 33.2 Å². The van der Waals surface area contributed by atoms with E-state index in [0.29, 0.717) is 22.8 Å². The normalized spacial score (nSPS) is 10.5. The van der Waals surface area contributed by atoms with Gasteiger partial charge in [0.15, 0.2) is 17.3 Å². The van der Waals surface area contributed by atoms with Gasteiger partial charge in [-0.3, -0.25) is 4.79 Å². The zero-order valence-electron chi connectivity index (χ0n) is 18.5. The molecule has 0 aliphatic heterocycles. The number of hydrogen-bond acceptors (Lipinski definition) is 9. The topological polar surface area (TPSA) is 102 Å². The molecule has 0 bridgehead atoms. The van der Waals surface area contributed by atoms with E-state index in [1.807, 2.05) is 0 Å². The molecule has 31 heavy (non-hydrogen) atoms. The molecule has 0 atom stereocenters. The van der Waals surface area contributed by atoms with Gasteiger partial charge in [-0.05, 0) is 12.2 Å². The number of allylic oxidation sites excluding steroid dienone is 1. The number of phenols is 1. The molecule has 0 unspecified atom stereocenters. The van der Waals surface area contributed by atoms with Crippen LogP contribution in [0.4, 0.5) is 0 Å². The molecule has 0 aliphatic carbocycles. The minimum atomic E-state index is -0.575. The van der Waals surface area contributed by atoms with Gasteiger partial charge in [0.2, 0.25) is 17.2 Å². The molecule has 168 valence electrons. The van der Waals surface area contributed by atoms with E-state index >= 15 is 0 Å². The number of ether oxygens (including phenoxy) is 7. The molecule has 0 heterocycles. The highest BCUT2D eigenvalue weighted by atomic mass is 16.5. The number of aromatic hydroxyl groups is 1. The van der Waals surface area contributed by atoms with Crippen molar-refractivity contribution in [3.05, 3.63) is 29.3 Å². The molecule has 9 nitrogen and oxygen atoms in total. The Bertz CT molecular complexity index is 955. The highest BCUT2D eigenvalue weighted by Gasteiger charge is 2.30. The third-order valence-corrected chi connectivity index (χ3v) is 4.52. The molecule has 0 spiro atoms. The Kier molecular flexibility index (Phi) is 7.84. The zero-order valence-corrected chi connectivity index (χ0v) is 18.5.